The third-order valence-corrected chi connectivity index (χ3v) is 2.16. The molecule has 1 N–H and O–H groups in total. The quantitative estimate of drug-likeness (QED) is 0.808. The maximum atomic E-state index is 3.35. The molecule has 0 atom stereocenters. The Morgan fingerprint density at radius 1 is 1.00 bits per heavy atom. The molecule has 0 aliphatic rings. The van der Waals surface area contributed by atoms with Gasteiger partial charge in [-0.1, -0.05) is 36.4 Å². The highest BCUT2D eigenvalue weighted by atomic mass is 79.9. The van der Waals surface area contributed by atoms with Gasteiger partial charge in [0.1, 0.15) is 0 Å². The summed E-state index contributed by atoms with van der Waals surface area (Å²) in [6.45, 7) is 3.08. The second-order valence-electron chi connectivity index (χ2n) is 3.06. The van der Waals surface area contributed by atoms with Gasteiger partial charge in [0.25, 0.3) is 0 Å². The van der Waals surface area contributed by atoms with E-state index in [1.165, 1.54) is 16.5 Å². The highest BCUT2D eigenvalue weighted by molar-refractivity contribution is 5.93. The maximum absolute atomic E-state index is 3.35. The molecule has 1 nitrogen and oxygen atoms in total. The smallest absolute Gasteiger partial charge is 0.0419 e. The van der Waals surface area contributed by atoms with E-state index in [4.69, 9.17) is 0 Å². The number of rotatable bonds is 2. The Kier molecular flexibility index (Phi) is 3.96. The second kappa shape index (κ2) is 5.01. The van der Waals surface area contributed by atoms with Crippen LogP contribution < -0.4 is 22.3 Å². The van der Waals surface area contributed by atoms with E-state index in [-0.39, 0.29) is 17.0 Å². The van der Waals surface area contributed by atoms with Gasteiger partial charge in [0.15, 0.2) is 0 Å². The zero-order valence-electron chi connectivity index (χ0n) is 8.13. The van der Waals surface area contributed by atoms with Crippen molar-refractivity contribution in [3.8, 4) is 0 Å². The average molecular weight is 251 g/mol. The fourth-order valence-corrected chi connectivity index (χ4v) is 1.57. The Bertz CT molecular complexity index is 406. The van der Waals surface area contributed by atoms with Crippen LogP contribution in [0.3, 0.4) is 0 Å². The molecule has 0 saturated heterocycles. The fourth-order valence-electron chi connectivity index (χ4n) is 1.57. The van der Waals surface area contributed by atoms with Gasteiger partial charge in [-0.3, -0.25) is 0 Å². The van der Waals surface area contributed by atoms with Crippen molar-refractivity contribution in [1.29, 1.82) is 0 Å². The number of halogens is 1. The number of hydrogen-bond donors (Lipinski definition) is 1. The predicted octanol–water partition coefficient (Wildman–Crippen LogP) is 0.276. The van der Waals surface area contributed by atoms with Crippen LogP contribution in [0.4, 0.5) is 5.69 Å². The van der Waals surface area contributed by atoms with Crippen molar-refractivity contribution < 1.29 is 17.0 Å². The third-order valence-electron chi connectivity index (χ3n) is 2.16. The van der Waals surface area contributed by atoms with Crippen molar-refractivity contribution in [2.45, 2.75) is 6.92 Å². The molecule has 0 fully saturated rings. The summed E-state index contributed by atoms with van der Waals surface area (Å²) in [7, 11) is 0. The Balaban J connectivity index is 0.000000980. The van der Waals surface area contributed by atoms with Crippen LogP contribution in [0.15, 0.2) is 42.5 Å². The number of anilines is 1. The molecule has 0 amide bonds. The molecule has 0 aromatic heterocycles. The molecule has 0 heterocycles. The lowest BCUT2D eigenvalue weighted by atomic mass is 10.1. The molecule has 2 aromatic rings. The number of fused-ring (bicyclic) bond motifs is 1. The minimum absolute atomic E-state index is 0. The fraction of sp³-hybridized carbons (Fsp3) is 0.167. The molecule has 2 heteroatoms. The average Bonchev–Trinajstić information content (AvgIpc) is 2.19. The van der Waals surface area contributed by atoms with Crippen LogP contribution in [0, 0.1) is 0 Å². The second-order valence-corrected chi connectivity index (χ2v) is 3.06. The van der Waals surface area contributed by atoms with Crippen LogP contribution in [0.5, 0.6) is 0 Å². The van der Waals surface area contributed by atoms with Gasteiger partial charge in [-0.2, -0.15) is 0 Å². The summed E-state index contributed by atoms with van der Waals surface area (Å²) < 4.78 is 0. The normalized spacial score (nSPS) is 9.50. The van der Waals surface area contributed by atoms with Crippen LogP contribution in [-0.2, 0) is 0 Å². The first-order valence-electron chi connectivity index (χ1n) is 4.63. The van der Waals surface area contributed by atoms with E-state index < -0.39 is 0 Å². The lowest BCUT2D eigenvalue weighted by Crippen LogP contribution is -3.00. The van der Waals surface area contributed by atoms with Crippen LogP contribution in [-0.4, -0.2) is 6.54 Å². The summed E-state index contributed by atoms with van der Waals surface area (Å²) in [5, 5.41) is 5.94. The highest BCUT2D eigenvalue weighted by Crippen LogP contribution is 2.22. The first-order valence-corrected chi connectivity index (χ1v) is 4.63. The van der Waals surface area contributed by atoms with Gasteiger partial charge in [-0.05, 0) is 18.4 Å². The van der Waals surface area contributed by atoms with Crippen molar-refractivity contribution in [3.63, 3.8) is 0 Å². The van der Waals surface area contributed by atoms with Gasteiger partial charge in [0.05, 0.1) is 0 Å². The van der Waals surface area contributed by atoms with Gasteiger partial charge in [0, 0.05) is 17.6 Å². The molecule has 0 saturated carbocycles. The van der Waals surface area contributed by atoms with Gasteiger partial charge in [0.2, 0.25) is 0 Å². The van der Waals surface area contributed by atoms with Gasteiger partial charge in [-0.25, -0.2) is 0 Å². The SMILES string of the molecule is CCNc1cccc2ccccc12.[Br-]. The molecule has 74 valence electrons. The first-order chi connectivity index (χ1) is 6.42. The van der Waals surface area contributed by atoms with Gasteiger partial charge in [-0.15, -0.1) is 0 Å². The Hall–Kier alpha value is -1.02. The largest absolute Gasteiger partial charge is 1.00 e. The van der Waals surface area contributed by atoms with Crippen LogP contribution in [0.1, 0.15) is 6.92 Å². The number of benzene rings is 2. The monoisotopic (exact) mass is 250 g/mol. The summed E-state index contributed by atoms with van der Waals surface area (Å²) in [5.41, 5.74) is 1.22. The van der Waals surface area contributed by atoms with Crippen molar-refractivity contribution in [3.05, 3.63) is 42.5 Å². The molecular formula is C12H13BrN-. The number of hydrogen-bond acceptors (Lipinski definition) is 1. The number of nitrogens with one attached hydrogen (secondary N) is 1. The lowest BCUT2D eigenvalue weighted by Gasteiger charge is -2.06. The molecule has 14 heavy (non-hydrogen) atoms. The zero-order valence-corrected chi connectivity index (χ0v) is 9.71. The zero-order chi connectivity index (χ0) is 9.10. The molecule has 2 rings (SSSR count). The standard InChI is InChI=1S/C12H13N.BrH/c1-2-13-12-9-5-7-10-6-3-4-8-11(10)12;/h3-9,13H,2H2,1H3;1H/p-1. The predicted molar refractivity (Wildman–Crippen MR) is 58.1 cm³/mol. The van der Waals surface area contributed by atoms with E-state index in [2.05, 4.69) is 54.7 Å². The van der Waals surface area contributed by atoms with Crippen molar-refractivity contribution in [2.24, 2.45) is 0 Å². The molecule has 0 aliphatic heterocycles. The van der Waals surface area contributed by atoms with Crippen LogP contribution >= 0.6 is 0 Å². The van der Waals surface area contributed by atoms with Crippen molar-refractivity contribution in [2.75, 3.05) is 11.9 Å². The van der Waals surface area contributed by atoms with E-state index in [1.54, 1.807) is 0 Å². The summed E-state index contributed by atoms with van der Waals surface area (Å²) in [5.74, 6) is 0. The minimum atomic E-state index is 0. The molecule has 0 spiro atoms. The highest BCUT2D eigenvalue weighted by Gasteiger charge is 1.96. The Morgan fingerprint density at radius 3 is 2.50 bits per heavy atom. The van der Waals surface area contributed by atoms with E-state index in [1.807, 2.05) is 0 Å². The Labute approximate surface area is 94.9 Å². The molecule has 2 aromatic carbocycles. The molecule has 0 radical (unpaired) electrons. The summed E-state index contributed by atoms with van der Waals surface area (Å²) in [6.07, 6.45) is 0. The lowest BCUT2D eigenvalue weighted by molar-refractivity contribution is -0.00000258. The molecule has 0 aliphatic carbocycles. The summed E-state index contributed by atoms with van der Waals surface area (Å²) in [6, 6.07) is 14.8. The molecule has 0 unspecified atom stereocenters. The molecule has 0 bridgehead atoms. The van der Waals surface area contributed by atoms with E-state index in [9.17, 15) is 0 Å². The van der Waals surface area contributed by atoms with E-state index in [0.717, 1.165) is 6.54 Å². The summed E-state index contributed by atoms with van der Waals surface area (Å²) >= 11 is 0. The van der Waals surface area contributed by atoms with Crippen LogP contribution in [0.25, 0.3) is 10.8 Å². The Morgan fingerprint density at radius 2 is 1.71 bits per heavy atom. The van der Waals surface area contributed by atoms with Gasteiger partial charge >= 0.3 is 0 Å². The minimum Gasteiger partial charge on any atom is -1.00 e. The maximum Gasteiger partial charge on any atom is 0.0419 e. The van der Waals surface area contributed by atoms with Gasteiger partial charge < -0.3 is 22.3 Å². The first kappa shape index (κ1) is 11.1. The third kappa shape index (κ3) is 2.07. The van der Waals surface area contributed by atoms with Crippen molar-refractivity contribution >= 4 is 16.5 Å². The van der Waals surface area contributed by atoms with E-state index in [0.29, 0.717) is 0 Å². The topological polar surface area (TPSA) is 12.0 Å². The van der Waals surface area contributed by atoms with E-state index >= 15 is 0 Å². The van der Waals surface area contributed by atoms with Crippen LogP contribution in [0.2, 0.25) is 0 Å². The summed E-state index contributed by atoms with van der Waals surface area (Å²) in [4.78, 5) is 0. The molecular weight excluding hydrogens is 238 g/mol. The van der Waals surface area contributed by atoms with Crippen molar-refractivity contribution in [1.82, 2.24) is 0 Å².